The summed E-state index contributed by atoms with van der Waals surface area (Å²) in [6.45, 7) is 1.59. The molecule has 0 aliphatic carbocycles. The van der Waals surface area contributed by atoms with E-state index in [2.05, 4.69) is 4.98 Å². The smallest absolute Gasteiger partial charge is 0.311 e. The van der Waals surface area contributed by atoms with Gasteiger partial charge in [0.25, 0.3) is 0 Å². The van der Waals surface area contributed by atoms with E-state index in [1.807, 2.05) is 0 Å². The van der Waals surface area contributed by atoms with Gasteiger partial charge in [-0.15, -0.1) is 0 Å². The van der Waals surface area contributed by atoms with Crippen molar-refractivity contribution in [2.75, 3.05) is 0 Å². The maximum Gasteiger partial charge on any atom is 0.311 e. The average molecular weight is 295 g/mol. The third kappa shape index (κ3) is 3.23. The first-order chi connectivity index (χ1) is 9.47. The van der Waals surface area contributed by atoms with Crippen LogP contribution in [0, 0.1) is 10.1 Å². The molecular formula is C13H11ClN2O4. The third-order valence-electron chi connectivity index (χ3n) is 2.53. The van der Waals surface area contributed by atoms with Gasteiger partial charge in [-0.2, -0.15) is 0 Å². The number of hydrogen-bond donors (Lipinski definition) is 1. The Balaban J connectivity index is 2.29. The minimum absolute atomic E-state index is 0.0362. The van der Waals surface area contributed by atoms with Gasteiger partial charge in [-0.05, 0) is 25.1 Å². The second-order valence-corrected chi connectivity index (χ2v) is 4.50. The van der Waals surface area contributed by atoms with E-state index in [1.54, 1.807) is 19.1 Å². The molecule has 1 heterocycles. The number of nitro groups is 1. The summed E-state index contributed by atoms with van der Waals surface area (Å²) in [6.07, 6.45) is 0.691. The Labute approximate surface area is 119 Å². The molecule has 6 nitrogen and oxygen atoms in total. The highest BCUT2D eigenvalue weighted by Gasteiger charge is 2.16. The van der Waals surface area contributed by atoms with Crippen molar-refractivity contribution in [3.63, 3.8) is 0 Å². The Bertz CT molecular complexity index is 629. The Morgan fingerprint density at radius 3 is 2.70 bits per heavy atom. The Morgan fingerprint density at radius 2 is 2.15 bits per heavy atom. The molecule has 0 amide bonds. The molecule has 1 N–H and O–H groups in total. The lowest BCUT2D eigenvalue weighted by Crippen LogP contribution is -1.96. The molecule has 0 saturated carbocycles. The van der Waals surface area contributed by atoms with Crippen LogP contribution in [0.15, 0.2) is 36.5 Å². The topological polar surface area (TPSA) is 85.5 Å². The van der Waals surface area contributed by atoms with Gasteiger partial charge >= 0.3 is 5.69 Å². The predicted molar refractivity (Wildman–Crippen MR) is 73.1 cm³/mol. The molecule has 0 radical (unpaired) electrons. The van der Waals surface area contributed by atoms with Crippen LogP contribution in [0.3, 0.4) is 0 Å². The molecule has 1 aromatic carbocycles. The summed E-state index contributed by atoms with van der Waals surface area (Å²) in [6, 6.07) is 7.20. The second-order valence-electron chi connectivity index (χ2n) is 4.07. The number of nitro benzene ring substituents is 1. The molecular weight excluding hydrogens is 284 g/mol. The summed E-state index contributed by atoms with van der Waals surface area (Å²) >= 11 is 5.80. The fourth-order valence-electron chi connectivity index (χ4n) is 1.55. The van der Waals surface area contributed by atoms with Crippen molar-refractivity contribution in [1.29, 1.82) is 0 Å². The van der Waals surface area contributed by atoms with Gasteiger partial charge in [-0.25, -0.2) is 0 Å². The van der Waals surface area contributed by atoms with Crippen molar-refractivity contribution in [3.05, 3.63) is 57.4 Å². The normalized spacial score (nSPS) is 11.9. The van der Waals surface area contributed by atoms with Crippen LogP contribution < -0.4 is 4.74 Å². The lowest BCUT2D eigenvalue weighted by atomic mass is 10.2. The summed E-state index contributed by atoms with van der Waals surface area (Å²) in [4.78, 5) is 14.3. The molecule has 0 fully saturated rings. The van der Waals surface area contributed by atoms with Crippen molar-refractivity contribution in [2.24, 2.45) is 0 Å². The highest BCUT2D eigenvalue weighted by molar-refractivity contribution is 6.30. The number of aliphatic hydroxyl groups excluding tert-OH is 1. The van der Waals surface area contributed by atoms with Gasteiger partial charge in [-0.1, -0.05) is 11.6 Å². The Hall–Kier alpha value is -2.18. The van der Waals surface area contributed by atoms with Gasteiger partial charge in [0, 0.05) is 17.2 Å². The van der Waals surface area contributed by atoms with E-state index in [0.29, 0.717) is 16.5 Å². The van der Waals surface area contributed by atoms with Crippen LogP contribution in [0.2, 0.25) is 5.02 Å². The SMILES string of the molecule is CC(O)c1ccc(Oc2cc(Cl)ccc2[N+](=O)[O-])cn1. The monoisotopic (exact) mass is 294 g/mol. The molecule has 2 aromatic rings. The van der Waals surface area contributed by atoms with Crippen molar-refractivity contribution in [2.45, 2.75) is 13.0 Å². The minimum Gasteiger partial charge on any atom is -0.448 e. The summed E-state index contributed by atoms with van der Waals surface area (Å²) in [5.74, 6) is 0.355. The zero-order valence-electron chi connectivity index (χ0n) is 10.5. The zero-order valence-corrected chi connectivity index (χ0v) is 11.2. The van der Waals surface area contributed by atoms with Crippen LogP contribution in [0.1, 0.15) is 18.7 Å². The van der Waals surface area contributed by atoms with Crippen molar-refractivity contribution in [1.82, 2.24) is 4.98 Å². The highest BCUT2D eigenvalue weighted by Crippen LogP contribution is 2.33. The molecule has 1 aromatic heterocycles. The fraction of sp³-hybridized carbons (Fsp3) is 0.154. The number of ether oxygens (including phenoxy) is 1. The van der Waals surface area contributed by atoms with Crippen LogP contribution in [-0.4, -0.2) is 15.0 Å². The quantitative estimate of drug-likeness (QED) is 0.689. The van der Waals surface area contributed by atoms with E-state index in [0.717, 1.165) is 0 Å². The lowest BCUT2D eigenvalue weighted by molar-refractivity contribution is -0.385. The average Bonchev–Trinajstić information content (AvgIpc) is 2.39. The first kappa shape index (κ1) is 14.2. The van der Waals surface area contributed by atoms with E-state index in [9.17, 15) is 15.2 Å². The summed E-state index contributed by atoms with van der Waals surface area (Å²) in [7, 11) is 0. The van der Waals surface area contributed by atoms with E-state index >= 15 is 0 Å². The molecule has 0 bridgehead atoms. The maximum atomic E-state index is 10.9. The van der Waals surface area contributed by atoms with E-state index < -0.39 is 11.0 Å². The van der Waals surface area contributed by atoms with Crippen LogP contribution >= 0.6 is 11.6 Å². The van der Waals surface area contributed by atoms with Gasteiger partial charge in [0.1, 0.15) is 5.75 Å². The van der Waals surface area contributed by atoms with Crippen LogP contribution in [0.5, 0.6) is 11.5 Å². The Kier molecular flexibility index (Phi) is 4.16. The minimum atomic E-state index is -0.690. The van der Waals surface area contributed by atoms with Crippen LogP contribution in [0.4, 0.5) is 5.69 Å². The van der Waals surface area contributed by atoms with E-state index in [-0.39, 0.29) is 11.4 Å². The standard InChI is InChI=1S/C13H11ClN2O4/c1-8(17)11-4-3-10(7-15-11)20-13-6-9(14)2-5-12(13)16(18)19/h2-8,17H,1H3. The van der Waals surface area contributed by atoms with Crippen LogP contribution in [0.25, 0.3) is 0 Å². The number of aliphatic hydroxyl groups is 1. The molecule has 104 valence electrons. The number of benzene rings is 1. The van der Waals surface area contributed by atoms with Crippen molar-refractivity contribution in [3.8, 4) is 11.5 Å². The van der Waals surface area contributed by atoms with Gasteiger partial charge < -0.3 is 9.84 Å². The summed E-state index contributed by atoms with van der Waals surface area (Å²) < 4.78 is 5.42. The van der Waals surface area contributed by atoms with Gasteiger partial charge in [-0.3, -0.25) is 15.1 Å². The van der Waals surface area contributed by atoms with Crippen molar-refractivity contribution < 1.29 is 14.8 Å². The van der Waals surface area contributed by atoms with Gasteiger partial charge in [0.2, 0.25) is 5.75 Å². The molecule has 0 aliphatic rings. The predicted octanol–water partition coefficient (Wildman–Crippen LogP) is 3.49. The number of nitrogens with zero attached hydrogens (tertiary/aromatic N) is 2. The van der Waals surface area contributed by atoms with Gasteiger partial charge in [0.15, 0.2) is 0 Å². The number of halogens is 1. The molecule has 1 atom stereocenters. The molecule has 7 heteroatoms. The Morgan fingerprint density at radius 1 is 1.40 bits per heavy atom. The number of aromatic nitrogens is 1. The fourth-order valence-corrected chi connectivity index (χ4v) is 1.71. The number of rotatable bonds is 4. The number of pyridine rings is 1. The lowest BCUT2D eigenvalue weighted by Gasteiger charge is -2.08. The maximum absolute atomic E-state index is 10.9. The molecule has 20 heavy (non-hydrogen) atoms. The molecule has 0 aliphatic heterocycles. The molecule has 0 spiro atoms. The first-order valence-electron chi connectivity index (χ1n) is 5.73. The molecule has 0 saturated heterocycles. The van der Waals surface area contributed by atoms with Crippen LogP contribution in [-0.2, 0) is 0 Å². The summed E-state index contributed by atoms with van der Waals surface area (Å²) in [5, 5.41) is 20.6. The summed E-state index contributed by atoms with van der Waals surface area (Å²) in [5.41, 5.74) is 0.298. The van der Waals surface area contributed by atoms with E-state index in [4.69, 9.17) is 16.3 Å². The molecule has 1 unspecified atom stereocenters. The largest absolute Gasteiger partial charge is 0.448 e. The van der Waals surface area contributed by atoms with Crippen molar-refractivity contribution >= 4 is 17.3 Å². The highest BCUT2D eigenvalue weighted by atomic mass is 35.5. The third-order valence-corrected chi connectivity index (χ3v) is 2.77. The second kappa shape index (κ2) is 5.85. The first-order valence-corrected chi connectivity index (χ1v) is 6.11. The van der Waals surface area contributed by atoms with E-state index in [1.165, 1.54) is 24.4 Å². The number of hydrogen-bond acceptors (Lipinski definition) is 5. The molecule has 2 rings (SSSR count). The van der Waals surface area contributed by atoms with Gasteiger partial charge in [0.05, 0.1) is 22.9 Å². The zero-order chi connectivity index (χ0) is 14.7.